The summed E-state index contributed by atoms with van der Waals surface area (Å²) in [6.07, 6.45) is 1.22. The minimum Gasteiger partial charge on any atom is -0.448 e. The Bertz CT molecular complexity index is 784. The number of ether oxygens (including phenoxy) is 1. The first-order valence-electron chi connectivity index (χ1n) is 8.79. The van der Waals surface area contributed by atoms with Gasteiger partial charge in [-0.05, 0) is 42.0 Å². The second kappa shape index (κ2) is 6.36. The van der Waals surface area contributed by atoms with Crippen molar-refractivity contribution in [1.29, 1.82) is 0 Å². The van der Waals surface area contributed by atoms with E-state index in [4.69, 9.17) is 4.74 Å². The SMILES string of the molecule is CC(=O)[C@@H]1CCCN1C(=O)OCC1c2ccccc2-c2ccccc21. The van der Waals surface area contributed by atoms with E-state index < -0.39 is 0 Å². The lowest BCUT2D eigenvalue weighted by molar-refractivity contribution is -0.120. The molecule has 2 aromatic carbocycles. The Morgan fingerprint density at radius 1 is 1.04 bits per heavy atom. The summed E-state index contributed by atoms with van der Waals surface area (Å²) in [5, 5.41) is 0. The molecule has 0 radical (unpaired) electrons. The van der Waals surface area contributed by atoms with Crippen LogP contribution in [0.5, 0.6) is 0 Å². The number of carbonyl (C=O) groups excluding carboxylic acids is 2. The molecule has 0 N–H and O–H groups in total. The van der Waals surface area contributed by atoms with Gasteiger partial charge < -0.3 is 4.74 Å². The predicted octanol–water partition coefficient (Wildman–Crippen LogP) is 3.99. The second-order valence-electron chi connectivity index (χ2n) is 6.77. The van der Waals surface area contributed by atoms with Gasteiger partial charge in [0.05, 0.1) is 6.04 Å². The topological polar surface area (TPSA) is 46.6 Å². The first-order valence-corrected chi connectivity index (χ1v) is 8.79. The monoisotopic (exact) mass is 335 g/mol. The van der Waals surface area contributed by atoms with Crippen LogP contribution in [0.1, 0.15) is 36.8 Å². The summed E-state index contributed by atoms with van der Waals surface area (Å²) < 4.78 is 5.64. The molecule has 1 fully saturated rings. The maximum absolute atomic E-state index is 12.5. The summed E-state index contributed by atoms with van der Waals surface area (Å²) >= 11 is 0. The molecule has 1 atom stereocenters. The third-order valence-corrected chi connectivity index (χ3v) is 5.29. The second-order valence-corrected chi connectivity index (χ2v) is 6.77. The molecule has 0 aromatic heterocycles. The van der Waals surface area contributed by atoms with Crippen molar-refractivity contribution in [3.05, 3.63) is 59.7 Å². The number of rotatable bonds is 3. The molecule has 0 bridgehead atoms. The molecule has 2 aliphatic rings. The van der Waals surface area contributed by atoms with Gasteiger partial charge in [0.1, 0.15) is 6.61 Å². The van der Waals surface area contributed by atoms with Crippen LogP contribution in [0.4, 0.5) is 4.79 Å². The van der Waals surface area contributed by atoms with Crippen LogP contribution < -0.4 is 0 Å². The van der Waals surface area contributed by atoms with E-state index in [1.54, 1.807) is 11.8 Å². The van der Waals surface area contributed by atoms with Gasteiger partial charge in [-0.1, -0.05) is 48.5 Å². The van der Waals surface area contributed by atoms with E-state index in [2.05, 4.69) is 24.3 Å². The molecular weight excluding hydrogens is 314 g/mol. The maximum Gasteiger partial charge on any atom is 0.410 e. The number of ketones is 1. The summed E-state index contributed by atoms with van der Waals surface area (Å²) in [4.78, 5) is 25.8. The average molecular weight is 335 g/mol. The maximum atomic E-state index is 12.5. The minimum absolute atomic E-state index is 0.0333. The van der Waals surface area contributed by atoms with Gasteiger partial charge in [0, 0.05) is 12.5 Å². The van der Waals surface area contributed by atoms with E-state index in [-0.39, 0.29) is 23.8 Å². The van der Waals surface area contributed by atoms with E-state index in [1.807, 2.05) is 24.3 Å². The van der Waals surface area contributed by atoms with Crippen LogP contribution in [-0.4, -0.2) is 36.0 Å². The molecule has 0 unspecified atom stereocenters. The summed E-state index contributed by atoms with van der Waals surface area (Å²) in [6.45, 7) is 2.44. The Labute approximate surface area is 147 Å². The first kappa shape index (κ1) is 15.9. The lowest BCUT2D eigenvalue weighted by Crippen LogP contribution is -2.40. The summed E-state index contributed by atoms with van der Waals surface area (Å²) in [5.41, 5.74) is 4.81. The molecular formula is C21H21NO3. The number of nitrogens with zero attached hydrogens (tertiary/aromatic N) is 1. The van der Waals surface area contributed by atoms with Crippen molar-refractivity contribution >= 4 is 11.9 Å². The number of hydrogen-bond donors (Lipinski definition) is 0. The molecule has 1 aliphatic carbocycles. The highest BCUT2D eigenvalue weighted by Crippen LogP contribution is 2.44. The molecule has 4 rings (SSSR count). The van der Waals surface area contributed by atoms with Gasteiger partial charge in [-0.25, -0.2) is 4.79 Å². The Morgan fingerprint density at radius 3 is 2.24 bits per heavy atom. The lowest BCUT2D eigenvalue weighted by atomic mass is 9.98. The van der Waals surface area contributed by atoms with E-state index in [0.29, 0.717) is 13.2 Å². The van der Waals surface area contributed by atoms with E-state index >= 15 is 0 Å². The number of likely N-dealkylation sites (tertiary alicyclic amines) is 1. The number of carbonyl (C=O) groups is 2. The summed E-state index contributed by atoms with van der Waals surface area (Å²) in [6, 6.07) is 16.2. The van der Waals surface area contributed by atoms with E-state index in [0.717, 1.165) is 12.8 Å². The zero-order chi connectivity index (χ0) is 17.4. The van der Waals surface area contributed by atoms with Crippen LogP contribution in [-0.2, 0) is 9.53 Å². The fourth-order valence-corrected chi connectivity index (χ4v) is 4.08. The highest BCUT2D eigenvalue weighted by Gasteiger charge is 2.34. The van der Waals surface area contributed by atoms with Crippen molar-refractivity contribution in [2.45, 2.75) is 31.7 Å². The van der Waals surface area contributed by atoms with Crippen molar-refractivity contribution < 1.29 is 14.3 Å². The lowest BCUT2D eigenvalue weighted by Gasteiger charge is -2.23. The van der Waals surface area contributed by atoms with Gasteiger partial charge in [-0.15, -0.1) is 0 Å². The molecule has 4 nitrogen and oxygen atoms in total. The zero-order valence-corrected chi connectivity index (χ0v) is 14.3. The summed E-state index contributed by atoms with van der Waals surface area (Å²) in [7, 11) is 0. The number of benzene rings is 2. The van der Waals surface area contributed by atoms with Crippen molar-refractivity contribution in [3.8, 4) is 11.1 Å². The molecule has 0 saturated carbocycles. The molecule has 2 aromatic rings. The predicted molar refractivity (Wildman–Crippen MR) is 95.5 cm³/mol. The molecule has 1 amide bonds. The quantitative estimate of drug-likeness (QED) is 0.852. The zero-order valence-electron chi connectivity index (χ0n) is 14.3. The fourth-order valence-electron chi connectivity index (χ4n) is 4.08. The van der Waals surface area contributed by atoms with Gasteiger partial charge in [0.25, 0.3) is 0 Å². The van der Waals surface area contributed by atoms with Crippen LogP contribution in [0.25, 0.3) is 11.1 Å². The van der Waals surface area contributed by atoms with Crippen molar-refractivity contribution in [2.24, 2.45) is 0 Å². The van der Waals surface area contributed by atoms with Crippen LogP contribution in [0.2, 0.25) is 0 Å². The Balaban J connectivity index is 1.53. The van der Waals surface area contributed by atoms with Crippen LogP contribution in [0, 0.1) is 0 Å². The summed E-state index contributed by atoms with van der Waals surface area (Å²) in [5.74, 6) is 0.0840. The highest BCUT2D eigenvalue weighted by molar-refractivity contribution is 5.86. The van der Waals surface area contributed by atoms with Crippen LogP contribution in [0.3, 0.4) is 0 Å². The normalized spacial score (nSPS) is 18.8. The van der Waals surface area contributed by atoms with Crippen LogP contribution in [0.15, 0.2) is 48.5 Å². The fraction of sp³-hybridized carbons (Fsp3) is 0.333. The van der Waals surface area contributed by atoms with Crippen molar-refractivity contribution in [3.63, 3.8) is 0 Å². The third kappa shape index (κ3) is 2.72. The number of fused-ring (bicyclic) bond motifs is 3. The van der Waals surface area contributed by atoms with Crippen molar-refractivity contribution in [1.82, 2.24) is 4.90 Å². The average Bonchev–Trinajstić information content (AvgIpc) is 3.23. The molecule has 25 heavy (non-hydrogen) atoms. The molecule has 1 saturated heterocycles. The first-order chi connectivity index (χ1) is 12.2. The molecule has 128 valence electrons. The molecule has 0 spiro atoms. The number of Topliss-reactive ketones (excluding diaryl/α,β-unsaturated/α-hetero) is 1. The van der Waals surface area contributed by atoms with E-state index in [1.165, 1.54) is 22.3 Å². The van der Waals surface area contributed by atoms with Gasteiger partial charge >= 0.3 is 6.09 Å². The molecule has 1 heterocycles. The standard InChI is InChI=1S/C21H21NO3/c1-14(23)20-11-6-12-22(20)21(24)25-13-19-17-9-4-2-7-15(17)16-8-3-5-10-18(16)19/h2-5,7-10,19-20H,6,11-13H2,1H3/t20-/m0/s1. The van der Waals surface area contributed by atoms with Gasteiger partial charge in [-0.2, -0.15) is 0 Å². The smallest absolute Gasteiger partial charge is 0.410 e. The van der Waals surface area contributed by atoms with Crippen LogP contribution >= 0.6 is 0 Å². The van der Waals surface area contributed by atoms with Gasteiger partial charge in [0.2, 0.25) is 0 Å². The Morgan fingerprint density at radius 2 is 1.64 bits per heavy atom. The number of amides is 1. The van der Waals surface area contributed by atoms with Gasteiger partial charge in [-0.3, -0.25) is 9.69 Å². The van der Waals surface area contributed by atoms with Crippen molar-refractivity contribution in [2.75, 3.05) is 13.2 Å². The van der Waals surface area contributed by atoms with E-state index in [9.17, 15) is 9.59 Å². The largest absolute Gasteiger partial charge is 0.448 e. The highest BCUT2D eigenvalue weighted by atomic mass is 16.6. The minimum atomic E-state index is -0.375. The Kier molecular flexibility index (Phi) is 4.04. The Hall–Kier alpha value is -2.62. The third-order valence-electron chi connectivity index (χ3n) is 5.29. The number of hydrogen-bond acceptors (Lipinski definition) is 3. The molecule has 1 aliphatic heterocycles. The molecule has 4 heteroatoms. The van der Waals surface area contributed by atoms with Gasteiger partial charge in [0.15, 0.2) is 5.78 Å².